The molecule has 1 aliphatic heterocycles. The van der Waals surface area contributed by atoms with E-state index in [9.17, 15) is 14.7 Å². The van der Waals surface area contributed by atoms with Gasteiger partial charge in [-0.15, -0.1) is 0 Å². The first-order chi connectivity index (χ1) is 24.8. The quantitative estimate of drug-likeness (QED) is 0.0387. The van der Waals surface area contributed by atoms with Gasteiger partial charge in [-0.2, -0.15) is 0 Å². The second-order valence-corrected chi connectivity index (χ2v) is 13.8. The van der Waals surface area contributed by atoms with Crippen LogP contribution >= 0.6 is 0 Å². The number of carbonyl (C=O) groups is 1. The van der Waals surface area contributed by atoms with E-state index in [2.05, 4.69) is 65.0 Å². The van der Waals surface area contributed by atoms with Gasteiger partial charge in [-0.05, 0) is 122 Å². The number of nitrogen functional groups attached to an aromatic ring is 1. The number of primary amides is 1. The Morgan fingerprint density at radius 1 is 0.745 bits per heavy atom. The van der Waals surface area contributed by atoms with Crippen molar-refractivity contribution < 1.29 is 15.2 Å². The summed E-state index contributed by atoms with van der Waals surface area (Å²) >= 11 is 0. The summed E-state index contributed by atoms with van der Waals surface area (Å²) in [7, 11) is 0. The van der Waals surface area contributed by atoms with Crippen LogP contribution in [0.2, 0.25) is 0 Å². The summed E-state index contributed by atoms with van der Waals surface area (Å²) in [6.45, 7) is 5.43. The molecule has 2 heterocycles. The Kier molecular flexibility index (Phi) is 12.1. The van der Waals surface area contributed by atoms with Crippen LogP contribution in [0.3, 0.4) is 0 Å². The first-order valence-electron chi connectivity index (χ1n) is 18.2. The Hall–Kier alpha value is -5.02. The Morgan fingerprint density at radius 2 is 1.49 bits per heavy atom. The van der Waals surface area contributed by atoms with Crippen LogP contribution in [0.5, 0.6) is 5.75 Å². The topological polar surface area (TPSA) is 137 Å². The van der Waals surface area contributed by atoms with Crippen molar-refractivity contribution in [2.24, 2.45) is 0 Å². The van der Waals surface area contributed by atoms with E-state index < -0.39 is 0 Å². The van der Waals surface area contributed by atoms with Gasteiger partial charge in [0.15, 0.2) is 0 Å². The summed E-state index contributed by atoms with van der Waals surface area (Å²) in [6.07, 6.45) is 9.46. The highest BCUT2D eigenvalue weighted by atomic mass is 16.3. The van der Waals surface area contributed by atoms with E-state index in [1.807, 2.05) is 24.3 Å². The van der Waals surface area contributed by atoms with E-state index in [1.54, 1.807) is 29.6 Å². The highest BCUT2D eigenvalue weighted by Gasteiger charge is 2.20. The molecule has 0 saturated carbocycles. The highest BCUT2D eigenvalue weighted by Crippen LogP contribution is 2.28. The Balaban J connectivity index is 0.986. The first-order valence-corrected chi connectivity index (χ1v) is 18.2. The van der Waals surface area contributed by atoms with Crippen LogP contribution in [0.1, 0.15) is 77.5 Å². The predicted octanol–water partition coefficient (Wildman–Crippen LogP) is 6.30. The molecule has 0 saturated heterocycles. The van der Waals surface area contributed by atoms with Crippen LogP contribution in [0, 0.1) is 6.92 Å². The molecule has 1 aliphatic rings. The zero-order valence-electron chi connectivity index (χ0n) is 29.6. The van der Waals surface area contributed by atoms with E-state index in [0.29, 0.717) is 12.2 Å². The average Bonchev–Trinajstić information content (AvgIpc) is 3.12. The van der Waals surface area contributed by atoms with Crippen molar-refractivity contribution in [3.8, 4) is 5.75 Å². The summed E-state index contributed by atoms with van der Waals surface area (Å²) in [5.41, 5.74) is 17.3. The number of pyridine rings is 1. The molecule has 264 valence electrons. The molecule has 4 aromatic carbocycles. The smallest absolute Gasteiger partial charge is 0.340 e. The summed E-state index contributed by atoms with van der Waals surface area (Å²) in [5, 5.41) is 19.7. The molecule has 5 aromatic rings. The van der Waals surface area contributed by atoms with Gasteiger partial charge in [-0.1, -0.05) is 61.0 Å². The van der Waals surface area contributed by atoms with Gasteiger partial charge in [0, 0.05) is 42.2 Å². The van der Waals surface area contributed by atoms with Crippen molar-refractivity contribution in [3.05, 3.63) is 140 Å². The molecule has 8 heteroatoms. The van der Waals surface area contributed by atoms with Gasteiger partial charge >= 0.3 is 5.91 Å². The number of unbranched alkanes of at least 4 members (excludes halogenated alkanes) is 3. The number of allylic oxidation sites excluding steroid dienone is 1. The molecule has 6 rings (SSSR count). The lowest BCUT2D eigenvalue weighted by atomic mass is 9.94. The third-order valence-electron chi connectivity index (χ3n) is 9.87. The Bertz CT molecular complexity index is 2080. The number of aromatic amines is 1. The number of rotatable bonds is 17. The lowest BCUT2D eigenvalue weighted by Crippen LogP contribution is -2.82. The van der Waals surface area contributed by atoms with E-state index in [0.717, 1.165) is 110 Å². The monoisotopic (exact) mass is 684 g/mol. The number of nitrogens with two attached hydrogens (primary N) is 2. The first kappa shape index (κ1) is 35.8. The number of aromatic hydroxyl groups is 1. The molecule has 0 spiro atoms. The second kappa shape index (κ2) is 17.3. The minimum absolute atomic E-state index is 0.0537. The number of para-hydroxylation sites is 2. The van der Waals surface area contributed by atoms with Gasteiger partial charge in [-0.25, -0.2) is 10.1 Å². The van der Waals surface area contributed by atoms with Crippen molar-refractivity contribution in [3.63, 3.8) is 0 Å². The molecule has 1 amide bonds. The minimum atomic E-state index is -0.0537. The Morgan fingerprint density at radius 3 is 2.31 bits per heavy atom. The fourth-order valence-electron chi connectivity index (χ4n) is 7.03. The molecular weight excluding hydrogens is 635 g/mol. The number of aryl methyl sites for hydroxylation is 2. The number of carbonyl (C=O) groups excluding carboxylic acids is 1. The lowest BCUT2D eigenvalue weighted by molar-refractivity contribution is -0.479. The van der Waals surface area contributed by atoms with E-state index in [4.69, 9.17) is 5.73 Å². The van der Waals surface area contributed by atoms with Crippen molar-refractivity contribution in [2.45, 2.75) is 71.4 Å². The normalized spacial score (nSPS) is 12.6. The molecule has 0 fully saturated rings. The number of phenols is 1. The number of amides is 1. The summed E-state index contributed by atoms with van der Waals surface area (Å²) in [6, 6.07) is 28.3. The molecule has 0 aliphatic carbocycles. The maximum Gasteiger partial charge on any atom is 0.340 e. The zero-order chi connectivity index (χ0) is 35.6. The van der Waals surface area contributed by atoms with Gasteiger partial charge in [0.2, 0.25) is 5.56 Å². The number of nitrogens with one attached hydrogen (secondary N) is 3. The summed E-state index contributed by atoms with van der Waals surface area (Å²) in [4.78, 5) is 28.1. The van der Waals surface area contributed by atoms with E-state index in [1.165, 1.54) is 22.3 Å². The number of phenolic OH excluding ortho intramolecular Hbond substituents is 1. The maximum absolute atomic E-state index is 12.8. The molecule has 0 bridgehead atoms. The number of benzene rings is 4. The third kappa shape index (κ3) is 9.61. The van der Waals surface area contributed by atoms with Crippen molar-refractivity contribution in [1.82, 2.24) is 15.6 Å². The second-order valence-electron chi connectivity index (χ2n) is 13.8. The molecule has 0 unspecified atom stereocenters. The van der Waals surface area contributed by atoms with Gasteiger partial charge < -0.3 is 26.5 Å². The van der Waals surface area contributed by atoms with Crippen molar-refractivity contribution in [2.75, 3.05) is 18.8 Å². The molecule has 0 radical (unpaired) electrons. The average molecular weight is 685 g/mol. The number of hydrogen-bond acceptors (Lipinski definition) is 6. The van der Waals surface area contributed by atoms with Crippen LogP contribution in [-0.2, 0) is 30.7 Å². The number of fused-ring (bicyclic) bond motifs is 2. The predicted molar refractivity (Wildman–Crippen MR) is 207 cm³/mol. The summed E-state index contributed by atoms with van der Waals surface area (Å²) < 4.78 is 0. The Labute approximate surface area is 300 Å². The van der Waals surface area contributed by atoms with Crippen LogP contribution in [0.25, 0.3) is 16.5 Å². The van der Waals surface area contributed by atoms with Gasteiger partial charge in [-0.3, -0.25) is 4.79 Å². The highest BCUT2D eigenvalue weighted by molar-refractivity contribution is 5.95. The fraction of sp³-hybridized carbons (Fsp3) is 0.302. The number of quaternary nitrogens is 1. The third-order valence-corrected chi connectivity index (χ3v) is 9.87. The SMILES string of the molecule is Cc1ccc(CNCCCCC2=CC(=O)[NH2+]c3ccccc32)cc1Cc1cccc2c(CCCCCNCc3ccc(N)c(O)c3)cc(=O)[nH]c12. The van der Waals surface area contributed by atoms with Crippen molar-refractivity contribution >= 4 is 33.8 Å². The standard InChI is InChI=1S/C43H49N5O3/c1-29-16-17-30(27-46-21-8-6-11-32-25-41(50)47-39-15-5-4-13-36(32)39)22-35(29)24-34-12-9-14-37-33(26-42(51)48-43(34)37)10-3-2-7-20-45-28-31-18-19-38(44)40(49)23-31/h4-5,9,12-19,22-23,25-26,45-46,49H,2-3,6-8,10-11,20-21,24,27-28,44H2,1H3,(H,47,50)(H,48,51)/p+1. The molecule has 8 nitrogen and oxygen atoms in total. The number of H-pyrrole nitrogens is 1. The lowest BCUT2D eigenvalue weighted by Gasteiger charge is -2.14. The number of anilines is 1. The largest absolute Gasteiger partial charge is 0.506 e. The van der Waals surface area contributed by atoms with Crippen molar-refractivity contribution in [1.29, 1.82) is 0 Å². The summed E-state index contributed by atoms with van der Waals surface area (Å²) in [5.74, 6) is 0.204. The molecule has 51 heavy (non-hydrogen) atoms. The van der Waals surface area contributed by atoms with Crippen LogP contribution in [0.4, 0.5) is 11.4 Å². The molecule has 0 atom stereocenters. The van der Waals surface area contributed by atoms with Gasteiger partial charge in [0.1, 0.15) is 11.4 Å². The number of hydrogen-bond donors (Lipinski definition) is 6. The molecule has 8 N–H and O–H groups in total. The zero-order valence-corrected chi connectivity index (χ0v) is 29.6. The van der Waals surface area contributed by atoms with Gasteiger partial charge in [0.25, 0.3) is 0 Å². The van der Waals surface area contributed by atoms with E-state index in [-0.39, 0.29) is 17.2 Å². The maximum atomic E-state index is 12.8. The molecular formula is C43H50N5O3+. The molecule has 1 aromatic heterocycles. The van der Waals surface area contributed by atoms with Gasteiger partial charge in [0.05, 0.1) is 11.2 Å². The van der Waals surface area contributed by atoms with Crippen LogP contribution in [0.15, 0.2) is 95.8 Å². The number of aromatic nitrogens is 1. The van der Waals surface area contributed by atoms with E-state index >= 15 is 0 Å². The van der Waals surface area contributed by atoms with Crippen LogP contribution < -0.4 is 27.2 Å². The van der Waals surface area contributed by atoms with Crippen LogP contribution in [-0.4, -0.2) is 29.1 Å². The minimum Gasteiger partial charge on any atom is -0.506 e. The fourth-order valence-corrected chi connectivity index (χ4v) is 7.03.